The Morgan fingerprint density at radius 1 is 1.38 bits per heavy atom. The molecule has 0 aliphatic heterocycles. The van der Waals surface area contributed by atoms with Gasteiger partial charge in [0.05, 0.1) is 16.4 Å². The number of aryl methyl sites for hydroxylation is 3. The van der Waals surface area contributed by atoms with Crippen molar-refractivity contribution in [1.29, 1.82) is 0 Å². The van der Waals surface area contributed by atoms with Gasteiger partial charge in [0, 0.05) is 19.0 Å². The first-order valence-electron chi connectivity index (χ1n) is 7.13. The second-order valence-electron chi connectivity index (χ2n) is 5.21. The summed E-state index contributed by atoms with van der Waals surface area (Å²) in [5.74, 6) is -0.210. The average molecular weight is 310 g/mol. The van der Waals surface area contributed by atoms with Crippen LogP contribution >= 0.6 is 11.6 Å². The molecule has 0 saturated carbocycles. The number of nitrogens with zero attached hydrogens (tertiary/aromatic N) is 2. The summed E-state index contributed by atoms with van der Waals surface area (Å²) in [6.45, 7) is 6.66. The summed E-state index contributed by atoms with van der Waals surface area (Å²) < 4.78 is 15.2. The lowest BCUT2D eigenvalue weighted by molar-refractivity contribution is 0.537. The fourth-order valence-electron chi connectivity index (χ4n) is 2.65. The molecule has 0 saturated heterocycles. The van der Waals surface area contributed by atoms with E-state index in [2.05, 4.69) is 10.4 Å². The average Bonchev–Trinajstić information content (AvgIpc) is 2.72. The molecule has 1 heterocycles. The van der Waals surface area contributed by atoms with Crippen molar-refractivity contribution in [3.8, 4) is 0 Å². The molecule has 0 amide bonds. The summed E-state index contributed by atoms with van der Waals surface area (Å²) in [5.41, 5.74) is 3.88. The molecule has 21 heavy (non-hydrogen) atoms. The Kier molecular flexibility index (Phi) is 5.01. The molecule has 0 aliphatic carbocycles. The third-order valence-corrected chi connectivity index (χ3v) is 4.30. The molecular weight excluding hydrogens is 289 g/mol. The van der Waals surface area contributed by atoms with Crippen molar-refractivity contribution in [2.24, 2.45) is 0 Å². The van der Waals surface area contributed by atoms with Crippen LogP contribution in [0.2, 0.25) is 5.02 Å². The molecule has 0 spiro atoms. The molecule has 114 valence electrons. The van der Waals surface area contributed by atoms with E-state index in [1.54, 1.807) is 6.07 Å². The van der Waals surface area contributed by atoms with Crippen molar-refractivity contribution in [1.82, 2.24) is 15.1 Å². The van der Waals surface area contributed by atoms with E-state index in [9.17, 15) is 4.39 Å². The molecule has 1 N–H and O–H groups in total. The predicted molar refractivity (Wildman–Crippen MR) is 84.3 cm³/mol. The molecule has 1 aromatic carbocycles. The highest BCUT2D eigenvalue weighted by Gasteiger charge is 2.19. The van der Waals surface area contributed by atoms with E-state index in [-0.39, 0.29) is 11.9 Å². The summed E-state index contributed by atoms with van der Waals surface area (Å²) in [4.78, 5) is 0. The van der Waals surface area contributed by atoms with Gasteiger partial charge in [-0.15, -0.1) is 0 Å². The van der Waals surface area contributed by atoms with Gasteiger partial charge in [-0.25, -0.2) is 4.39 Å². The molecule has 3 nitrogen and oxygen atoms in total. The summed E-state index contributed by atoms with van der Waals surface area (Å²) in [6.07, 6.45) is 0.719. The zero-order chi connectivity index (χ0) is 15.6. The Labute approximate surface area is 130 Å². The first kappa shape index (κ1) is 16.0. The highest BCUT2D eigenvalue weighted by atomic mass is 35.5. The second-order valence-corrected chi connectivity index (χ2v) is 5.59. The van der Waals surface area contributed by atoms with Crippen LogP contribution in [0, 0.1) is 19.7 Å². The monoisotopic (exact) mass is 309 g/mol. The summed E-state index contributed by atoms with van der Waals surface area (Å²) >= 11 is 6.38. The lowest BCUT2D eigenvalue weighted by Gasteiger charge is -2.19. The zero-order valence-electron chi connectivity index (χ0n) is 12.9. The maximum atomic E-state index is 13.3. The summed E-state index contributed by atoms with van der Waals surface area (Å²) in [5, 5.41) is 8.46. The quantitative estimate of drug-likeness (QED) is 0.910. The number of aromatic nitrogens is 2. The molecule has 2 aromatic rings. The van der Waals surface area contributed by atoms with E-state index in [1.807, 2.05) is 38.6 Å². The van der Waals surface area contributed by atoms with Crippen molar-refractivity contribution in [3.63, 3.8) is 0 Å². The first-order valence-corrected chi connectivity index (χ1v) is 7.50. The number of rotatable bonds is 5. The third-order valence-electron chi connectivity index (χ3n) is 3.81. The molecule has 0 aliphatic rings. The Morgan fingerprint density at radius 2 is 2.10 bits per heavy atom. The molecule has 5 heteroatoms. The molecule has 1 atom stereocenters. The minimum Gasteiger partial charge on any atom is -0.313 e. The molecule has 0 radical (unpaired) electrons. The van der Waals surface area contributed by atoms with Crippen LogP contribution in [0.5, 0.6) is 0 Å². The van der Waals surface area contributed by atoms with Crippen molar-refractivity contribution < 1.29 is 4.39 Å². The van der Waals surface area contributed by atoms with Crippen molar-refractivity contribution in [2.75, 3.05) is 7.05 Å². The lowest BCUT2D eigenvalue weighted by atomic mass is 9.97. The van der Waals surface area contributed by atoms with Crippen LogP contribution in [0.3, 0.4) is 0 Å². The van der Waals surface area contributed by atoms with Crippen LogP contribution in [0.1, 0.15) is 35.5 Å². The Morgan fingerprint density at radius 3 is 2.67 bits per heavy atom. The van der Waals surface area contributed by atoms with E-state index < -0.39 is 0 Å². The zero-order valence-corrected chi connectivity index (χ0v) is 13.6. The van der Waals surface area contributed by atoms with Gasteiger partial charge >= 0.3 is 0 Å². The van der Waals surface area contributed by atoms with Gasteiger partial charge in [-0.05, 0) is 51.1 Å². The minimum absolute atomic E-state index is 0.0736. The Balaban J connectivity index is 2.35. The number of hydrogen-bond donors (Lipinski definition) is 1. The number of hydrogen-bond acceptors (Lipinski definition) is 2. The van der Waals surface area contributed by atoms with Crippen LogP contribution in [0.25, 0.3) is 0 Å². The van der Waals surface area contributed by atoms with Gasteiger partial charge < -0.3 is 5.32 Å². The first-order chi connectivity index (χ1) is 9.97. The number of halogens is 2. The largest absolute Gasteiger partial charge is 0.313 e. The fourth-order valence-corrected chi connectivity index (χ4v) is 2.87. The molecule has 1 aromatic heterocycles. The smallest absolute Gasteiger partial charge is 0.123 e. The topological polar surface area (TPSA) is 29.9 Å². The Bertz CT molecular complexity index is 637. The van der Waals surface area contributed by atoms with Crippen LogP contribution in [0.4, 0.5) is 4.39 Å². The molecule has 0 bridgehead atoms. The highest BCUT2D eigenvalue weighted by Crippen LogP contribution is 2.27. The van der Waals surface area contributed by atoms with E-state index >= 15 is 0 Å². The van der Waals surface area contributed by atoms with E-state index in [1.165, 1.54) is 6.07 Å². The van der Waals surface area contributed by atoms with Gasteiger partial charge in [0.2, 0.25) is 0 Å². The molecular formula is C16H21ClFN3. The number of nitrogens with one attached hydrogen (secondary N) is 1. The summed E-state index contributed by atoms with van der Waals surface area (Å²) in [6, 6.07) is 4.96. The summed E-state index contributed by atoms with van der Waals surface area (Å²) in [7, 11) is 1.90. The van der Waals surface area contributed by atoms with Crippen LogP contribution in [0.15, 0.2) is 18.2 Å². The fraction of sp³-hybridized carbons (Fsp3) is 0.438. The van der Waals surface area contributed by atoms with Crippen LogP contribution in [-0.4, -0.2) is 16.8 Å². The lowest BCUT2D eigenvalue weighted by Crippen LogP contribution is -2.21. The van der Waals surface area contributed by atoms with E-state index in [0.717, 1.165) is 40.5 Å². The third kappa shape index (κ3) is 3.27. The van der Waals surface area contributed by atoms with Crippen molar-refractivity contribution in [3.05, 3.63) is 51.6 Å². The standard InChI is InChI=1S/C16H21ClFN3/c1-5-21-15(16(17)11(3)20-21)9-14(19-4)13-7-6-12(18)8-10(13)2/h6-8,14,19H,5,9H2,1-4H3. The van der Waals surface area contributed by atoms with Crippen LogP contribution in [-0.2, 0) is 13.0 Å². The van der Waals surface area contributed by atoms with Gasteiger partial charge in [0.1, 0.15) is 5.82 Å². The van der Waals surface area contributed by atoms with E-state index in [4.69, 9.17) is 11.6 Å². The van der Waals surface area contributed by atoms with E-state index in [0.29, 0.717) is 0 Å². The van der Waals surface area contributed by atoms with Gasteiger partial charge in [0.25, 0.3) is 0 Å². The molecule has 0 fully saturated rings. The minimum atomic E-state index is -0.210. The van der Waals surface area contributed by atoms with Gasteiger partial charge in [-0.1, -0.05) is 17.7 Å². The van der Waals surface area contributed by atoms with Gasteiger partial charge in [-0.2, -0.15) is 5.10 Å². The van der Waals surface area contributed by atoms with Gasteiger partial charge in [-0.3, -0.25) is 4.68 Å². The van der Waals surface area contributed by atoms with Crippen LogP contribution < -0.4 is 5.32 Å². The Hall–Kier alpha value is -1.39. The molecule has 1 unspecified atom stereocenters. The normalized spacial score (nSPS) is 12.7. The SMILES string of the molecule is CCn1nc(C)c(Cl)c1CC(NC)c1ccc(F)cc1C. The second kappa shape index (κ2) is 6.58. The maximum Gasteiger partial charge on any atom is 0.123 e. The highest BCUT2D eigenvalue weighted by molar-refractivity contribution is 6.31. The number of likely N-dealkylation sites (N-methyl/N-ethyl adjacent to an activating group) is 1. The molecule has 2 rings (SSSR count). The number of benzene rings is 1. The maximum absolute atomic E-state index is 13.3. The van der Waals surface area contributed by atoms with Gasteiger partial charge in [0.15, 0.2) is 0 Å². The van der Waals surface area contributed by atoms with Crippen molar-refractivity contribution in [2.45, 2.75) is 39.8 Å². The van der Waals surface area contributed by atoms with Crippen molar-refractivity contribution >= 4 is 11.6 Å². The predicted octanol–water partition coefficient (Wildman–Crippen LogP) is 3.82.